The number of fused-ring (bicyclic) bond motifs is 1. The number of methoxy groups -OCH3 is 1. The fourth-order valence-corrected chi connectivity index (χ4v) is 6.93. The summed E-state index contributed by atoms with van der Waals surface area (Å²) >= 11 is 0. The Bertz CT molecular complexity index is 1710. The smallest absolute Gasteiger partial charge is 0.342 e. The maximum absolute atomic E-state index is 15.0. The van der Waals surface area contributed by atoms with Gasteiger partial charge in [-0.1, -0.05) is 6.07 Å². The Kier molecular flexibility index (Phi) is 7.46. The van der Waals surface area contributed by atoms with Gasteiger partial charge in [-0.05, 0) is 48.9 Å². The molecule has 2 aliphatic heterocycles. The second-order valence-corrected chi connectivity index (χ2v) is 11.9. The minimum atomic E-state index is -4.62. The monoisotopic (exact) mass is 592 g/mol. The summed E-state index contributed by atoms with van der Waals surface area (Å²) in [5.41, 5.74) is -1.09. The number of nitriles is 1. The molecular weight excluding hydrogens is 564 g/mol. The van der Waals surface area contributed by atoms with Gasteiger partial charge in [0, 0.05) is 50.6 Å². The van der Waals surface area contributed by atoms with E-state index in [2.05, 4.69) is 9.97 Å². The Balaban J connectivity index is 1.86. The molecule has 0 aliphatic carbocycles. The number of pyridine rings is 2. The van der Waals surface area contributed by atoms with Gasteiger partial charge in [0.2, 0.25) is 5.88 Å². The lowest BCUT2D eigenvalue weighted by Crippen LogP contribution is -2.58. The number of hydrogen-bond acceptors (Lipinski definition) is 12. The molecule has 0 spiro atoms. The summed E-state index contributed by atoms with van der Waals surface area (Å²) in [5.74, 6) is -1.78. The maximum Gasteiger partial charge on any atom is 0.342 e. The Labute approximate surface area is 242 Å². The molecule has 1 saturated heterocycles. The number of sulfonamides is 1. The van der Waals surface area contributed by atoms with E-state index in [1.165, 1.54) is 73.9 Å². The zero-order valence-electron chi connectivity index (χ0n) is 23.3. The van der Waals surface area contributed by atoms with Gasteiger partial charge in [0.05, 0.1) is 30.5 Å². The van der Waals surface area contributed by atoms with Gasteiger partial charge < -0.3 is 14.7 Å². The van der Waals surface area contributed by atoms with Crippen molar-refractivity contribution in [2.24, 2.45) is 0 Å². The summed E-state index contributed by atoms with van der Waals surface area (Å²) in [5, 5.41) is 21.5. The number of β-amino-alcohol motifs (C(OH)–C–C–N with tert-alkyl or cyclic N) is 1. The van der Waals surface area contributed by atoms with E-state index in [0.717, 1.165) is 0 Å². The van der Waals surface area contributed by atoms with E-state index in [1.807, 2.05) is 6.07 Å². The number of nitrogens with zero attached hydrogens (tertiary/aromatic N) is 6. The highest BCUT2D eigenvalue weighted by Gasteiger charge is 2.64. The molecule has 42 heavy (non-hydrogen) atoms. The molecule has 1 amide bonds. The average Bonchev–Trinajstić information content (AvgIpc) is 3.47. The van der Waals surface area contributed by atoms with Gasteiger partial charge in [-0.2, -0.15) is 18.0 Å². The van der Waals surface area contributed by atoms with Crippen LogP contribution in [0.2, 0.25) is 0 Å². The molecule has 0 radical (unpaired) electrons. The van der Waals surface area contributed by atoms with Gasteiger partial charge in [0.1, 0.15) is 6.04 Å². The number of aliphatic hydroxyl groups excluding tert-OH is 1. The number of hydroxylamine groups is 2. The molecule has 3 atom stereocenters. The zero-order valence-corrected chi connectivity index (χ0v) is 24.1. The van der Waals surface area contributed by atoms with Crippen LogP contribution in [0.25, 0.3) is 0 Å². The van der Waals surface area contributed by atoms with Gasteiger partial charge in [0.15, 0.2) is 10.6 Å². The van der Waals surface area contributed by atoms with Crippen molar-refractivity contribution in [2.75, 3.05) is 32.1 Å². The van der Waals surface area contributed by atoms with E-state index < -0.39 is 39.6 Å². The van der Waals surface area contributed by atoms with E-state index in [1.54, 1.807) is 19.1 Å². The lowest BCUT2D eigenvalue weighted by molar-refractivity contribution is -0.185. The van der Waals surface area contributed by atoms with Crippen LogP contribution in [0.3, 0.4) is 0 Å². The number of rotatable bonds is 7. The van der Waals surface area contributed by atoms with Gasteiger partial charge in [-0.15, -0.1) is 5.06 Å². The first-order chi connectivity index (χ1) is 20.0. The number of carbonyl (C=O) groups is 2. The SMILES string of the molecule is COc1ncccc1C1(N2C[C@H](O)C[C@H]2C(=O)ON(C)C)C(=O)N(S(=O)(=O)c2ccc(C)cn2)c2ccc(C#N)cc21. The first-order valence-corrected chi connectivity index (χ1v) is 14.3. The molecule has 3 aromatic rings. The predicted molar refractivity (Wildman–Crippen MR) is 147 cm³/mol. The number of carbonyl (C=O) groups excluding carboxylic acids is 2. The molecule has 1 aromatic carbocycles. The van der Waals surface area contributed by atoms with Crippen LogP contribution in [0.4, 0.5) is 5.69 Å². The third kappa shape index (κ3) is 4.47. The lowest BCUT2D eigenvalue weighted by atomic mass is 9.81. The van der Waals surface area contributed by atoms with Crippen LogP contribution in [0.1, 0.15) is 28.7 Å². The molecule has 0 bridgehead atoms. The molecule has 2 aromatic heterocycles. The van der Waals surface area contributed by atoms with Crippen molar-refractivity contribution >= 4 is 27.6 Å². The van der Waals surface area contributed by atoms with Gasteiger partial charge in [-0.25, -0.2) is 14.8 Å². The van der Waals surface area contributed by atoms with Crippen LogP contribution >= 0.6 is 0 Å². The van der Waals surface area contributed by atoms with Gasteiger partial charge >= 0.3 is 5.97 Å². The summed E-state index contributed by atoms with van der Waals surface area (Å²) in [4.78, 5) is 43.5. The van der Waals surface area contributed by atoms with E-state index in [9.17, 15) is 28.4 Å². The Hall–Kier alpha value is -4.42. The van der Waals surface area contributed by atoms with E-state index >= 15 is 0 Å². The first kappa shape index (κ1) is 29.1. The van der Waals surface area contributed by atoms with Crippen LogP contribution in [-0.2, 0) is 30.0 Å². The van der Waals surface area contributed by atoms with Crippen LogP contribution in [0, 0.1) is 18.3 Å². The Morgan fingerprint density at radius 1 is 1.19 bits per heavy atom. The number of benzene rings is 1. The van der Waals surface area contributed by atoms with Crippen molar-refractivity contribution < 1.29 is 32.7 Å². The number of anilines is 1. The number of amides is 1. The molecule has 0 saturated carbocycles. The molecule has 1 unspecified atom stereocenters. The summed E-state index contributed by atoms with van der Waals surface area (Å²) < 4.78 is 34.5. The Morgan fingerprint density at radius 3 is 2.60 bits per heavy atom. The third-order valence-corrected chi connectivity index (χ3v) is 8.84. The molecule has 218 valence electrons. The molecular formula is C28H28N6O7S. The molecule has 1 N–H and O–H groups in total. The fraction of sp³-hybridized carbons (Fsp3) is 0.321. The maximum atomic E-state index is 15.0. The summed E-state index contributed by atoms with van der Waals surface area (Å²) in [6.07, 6.45) is 1.62. The predicted octanol–water partition coefficient (Wildman–Crippen LogP) is 1.10. The molecule has 2 aliphatic rings. The van der Waals surface area contributed by atoms with Gasteiger partial charge in [-0.3, -0.25) is 9.69 Å². The largest absolute Gasteiger partial charge is 0.481 e. The molecule has 13 nitrogen and oxygen atoms in total. The van der Waals surface area contributed by atoms with E-state index in [-0.39, 0.29) is 46.2 Å². The zero-order chi connectivity index (χ0) is 30.4. The summed E-state index contributed by atoms with van der Waals surface area (Å²) in [6, 6.07) is 10.9. The Morgan fingerprint density at radius 2 is 1.95 bits per heavy atom. The molecule has 14 heteroatoms. The molecule has 5 rings (SSSR count). The number of aryl methyl sites for hydroxylation is 1. The average molecular weight is 593 g/mol. The summed E-state index contributed by atoms with van der Waals surface area (Å²) in [6.45, 7) is 1.53. The normalized spacial score (nSPS) is 22.2. The molecule has 4 heterocycles. The van der Waals surface area contributed by atoms with Crippen LogP contribution in [0.15, 0.2) is 59.9 Å². The highest BCUT2D eigenvalue weighted by molar-refractivity contribution is 7.93. The standard InChI is InChI=1S/C28H28N6O7S/c1-17-7-10-24(31-15-17)42(38,39)34-22-9-8-18(14-29)12-21(22)28(27(34)37,20-6-5-11-30-25(20)40-4)33-16-19(35)13-23(33)26(36)41-32(2)3/h5-12,15,19,23,35H,13,16H2,1-4H3/t19-,23+,28?/m1/s1. The van der Waals surface area contributed by atoms with Crippen LogP contribution in [-0.4, -0.2) is 85.2 Å². The van der Waals surface area contributed by atoms with E-state index in [4.69, 9.17) is 9.57 Å². The van der Waals surface area contributed by atoms with Crippen molar-refractivity contribution in [3.05, 3.63) is 77.1 Å². The topological polar surface area (TPSA) is 166 Å². The fourth-order valence-electron chi connectivity index (χ4n) is 5.55. The quantitative estimate of drug-likeness (QED) is 0.389. The van der Waals surface area contributed by atoms with Crippen molar-refractivity contribution in [1.82, 2.24) is 19.9 Å². The van der Waals surface area contributed by atoms with Crippen molar-refractivity contribution in [1.29, 1.82) is 5.26 Å². The van der Waals surface area contributed by atoms with Crippen LogP contribution in [0.5, 0.6) is 5.88 Å². The minimum Gasteiger partial charge on any atom is -0.481 e. The number of ether oxygens (including phenoxy) is 1. The van der Waals surface area contributed by atoms with Gasteiger partial charge in [0.25, 0.3) is 15.9 Å². The van der Waals surface area contributed by atoms with Crippen molar-refractivity contribution in [2.45, 2.75) is 36.1 Å². The number of aromatic nitrogens is 2. The minimum absolute atomic E-state index is 0.0204. The highest BCUT2D eigenvalue weighted by Crippen LogP contribution is 2.54. The van der Waals surface area contributed by atoms with E-state index in [0.29, 0.717) is 9.87 Å². The van der Waals surface area contributed by atoms with Crippen LogP contribution < -0.4 is 9.04 Å². The lowest BCUT2D eigenvalue weighted by Gasteiger charge is -2.40. The molecule has 1 fully saturated rings. The number of aliphatic hydroxyl groups is 1. The third-order valence-electron chi connectivity index (χ3n) is 7.23. The number of likely N-dealkylation sites (tertiary alicyclic amines) is 1. The highest BCUT2D eigenvalue weighted by atomic mass is 32.2. The summed E-state index contributed by atoms with van der Waals surface area (Å²) in [7, 11) is -0.270. The second-order valence-electron chi connectivity index (χ2n) is 10.1. The second kappa shape index (κ2) is 10.8. The number of hydrogen-bond donors (Lipinski definition) is 1. The first-order valence-electron chi connectivity index (χ1n) is 12.9. The van der Waals surface area contributed by atoms with Crippen molar-refractivity contribution in [3.8, 4) is 11.9 Å². The van der Waals surface area contributed by atoms with Crippen molar-refractivity contribution in [3.63, 3.8) is 0 Å².